The van der Waals surface area contributed by atoms with E-state index < -0.39 is 5.97 Å². The van der Waals surface area contributed by atoms with E-state index in [9.17, 15) is 9.59 Å². The van der Waals surface area contributed by atoms with Gasteiger partial charge in [0, 0.05) is 12.7 Å². The van der Waals surface area contributed by atoms with Gasteiger partial charge in [0.25, 0.3) is 5.56 Å². The summed E-state index contributed by atoms with van der Waals surface area (Å²) in [5, 5.41) is 0. The van der Waals surface area contributed by atoms with Gasteiger partial charge < -0.3 is 4.74 Å². The summed E-state index contributed by atoms with van der Waals surface area (Å²) >= 11 is 0. The van der Waals surface area contributed by atoms with Gasteiger partial charge in [-0.25, -0.2) is 9.78 Å². The average molecular weight is 324 g/mol. The second-order valence-corrected chi connectivity index (χ2v) is 5.87. The van der Waals surface area contributed by atoms with Crippen molar-refractivity contribution in [3.05, 3.63) is 63.8 Å². The summed E-state index contributed by atoms with van der Waals surface area (Å²) < 4.78 is 6.52. The fourth-order valence-electron chi connectivity index (χ4n) is 2.91. The van der Waals surface area contributed by atoms with E-state index in [-0.39, 0.29) is 17.7 Å². The van der Waals surface area contributed by atoms with Gasteiger partial charge in [0.05, 0.1) is 6.61 Å². The van der Waals surface area contributed by atoms with Crippen molar-refractivity contribution in [2.45, 2.75) is 26.8 Å². The number of carbonyl (C=O) groups is 1. The van der Waals surface area contributed by atoms with Crippen molar-refractivity contribution < 1.29 is 9.53 Å². The third kappa shape index (κ3) is 3.02. The number of hydrogen-bond acceptors (Lipinski definition) is 4. The molecule has 0 bridgehead atoms. The van der Waals surface area contributed by atoms with E-state index in [4.69, 9.17) is 4.74 Å². The van der Waals surface area contributed by atoms with Crippen molar-refractivity contribution in [3.63, 3.8) is 0 Å². The van der Waals surface area contributed by atoms with E-state index in [1.54, 1.807) is 11.5 Å². The number of nitrogens with zero attached hydrogens (tertiary/aromatic N) is 2. The molecular formula is C19H20N2O3. The zero-order chi connectivity index (χ0) is 17.1. The molecule has 1 aliphatic heterocycles. The predicted octanol–water partition coefficient (Wildman–Crippen LogP) is 3.00. The Kier molecular flexibility index (Phi) is 4.60. The van der Waals surface area contributed by atoms with Crippen LogP contribution in [0.2, 0.25) is 0 Å². The monoisotopic (exact) mass is 324 g/mol. The maximum absolute atomic E-state index is 12.6. The Balaban J connectivity index is 2.09. The number of carbonyl (C=O) groups excluding carboxylic acids is 1. The Hall–Kier alpha value is -2.69. The number of benzene rings is 1. The lowest BCUT2D eigenvalue weighted by Crippen LogP contribution is -2.34. The first-order chi connectivity index (χ1) is 11.6. The summed E-state index contributed by atoms with van der Waals surface area (Å²) in [5.74, 6) is 0.318. The van der Waals surface area contributed by atoms with Crippen LogP contribution in [0, 0.1) is 5.92 Å². The van der Waals surface area contributed by atoms with Crippen LogP contribution in [0.4, 0.5) is 0 Å². The third-order valence-corrected chi connectivity index (χ3v) is 4.24. The lowest BCUT2D eigenvalue weighted by Gasteiger charge is -2.26. The first-order valence-electron chi connectivity index (χ1n) is 8.15. The molecule has 0 amide bonds. The molecule has 0 N–H and O–H groups in total. The first kappa shape index (κ1) is 16.2. The van der Waals surface area contributed by atoms with E-state index in [2.05, 4.69) is 18.0 Å². The van der Waals surface area contributed by atoms with Gasteiger partial charge in [-0.3, -0.25) is 9.36 Å². The van der Waals surface area contributed by atoms with Crippen molar-refractivity contribution in [2.24, 2.45) is 5.92 Å². The zero-order valence-electron chi connectivity index (χ0n) is 13.9. The van der Waals surface area contributed by atoms with Gasteiger partial charge in [0.2, 0.25) is 0 Å². The van der Waals surface area contributed by atoms with Gasteiger partial charge in [-0.1, -0.05) is 37.3 Å². The van der Waals surface area contributed by atoms with Crippen molar-refractivity contribution >= 4 is 17.6 Å². The van der Waals surface area contributed by atoms with Crippen LogP contribution in [0.1, 0.15) is 42.0 Å². The van der Waals surface area contributed by atoms with Crippen molar-refractivity contribution in [1.29, 1.82) is 0 Å². The van der Waals surface area contributed by atoms with Gasteiger partial charge in [0.1, 0.15) is 11.4 Å². The van der Waals surface area contributed by atoms with Crippen LogP contribution in [-0.2, 0) is 11.3 Å². The molecule has 5 nitrogen and oxygen atoms in total. The largest absolute Gasteiger partial charge is 0.462 e. The summed E-state index contributed by atoms with van der Waals surface area (Å²) in [6.07, 6.45) is 4.23. The number of hydrogen-bond donors (Lipinski definition) is 0. The molecule has 1 aliphatic rings. The minimum atomic E-state index is -0.613. The predicted molar refractivity (Wildman–Crippen MR) is 92.5 cm³/mol. The molecule has 24 heavy (non-hydrogen) atoms. The second kappa shape index (κ2) is 6.83. The molecule has 0 saturated heterocycles. The highest BCUT2D eigenvalue weighted by Crippen LogP contribution is 2.30. The Morgan fingerprint density at radius 3 is 2.83 bits per heavy atom. The van der Waals surface area contributed by atoms with Crippen LogP contribution < -0.4 is 5.56 Å². The fraction of sp³-hybridized carbons (Fsp3) is 0.316. The number of aromatic nitrogens is 2. The number of esters is 1. The standard InChI is InChI=1S/C19H20N2O3/c1-3-24-19(23)16-12-20-17-15(11-14-7-5-4-6-8-14)13(2)9-10-21(17)18(16)22/h4-8,11-13H,3,9-10H2,1-2H3/b15-11+. The third-order valence-electron chi connectivity index (χ3n) is 4.24. The quantitative estimate of drug-likeness (QED) is 0.814. The number of ether oxygens (including phenoxy) is 1. The van der Waals surface area contributed by atoms with E-state index in [1.165, 1.54) is 6.20 Å². The molecule has 0 fully saturated rings. The lowest BCUT2D eigenvalue weighted by atomic mass is 9.91. The average Bonchev–Trinajstić information content (AvgIpc) is 2.59. The molecule has 0 spiro atoms. The van der Waals surface area contributed by atoms with E-state index in [0.29, 0.717) is 18.3 Å². The Bertz CT molecular complexity index is 837. The van der Waals surface area contributed by atoms with Gasteiger partial charge in [-0.15, -0.1) is 0 Å². The molecule has 2 heterocycles. The number of fused-ring (bicyclic) bond motifs is 1. The van der Waals surface area contributed by atoms with Crippen LogP contribution in [0.5, 0.6) is 0 Å². The SMILES string of the molecule is CCOC(=O)c1cnc2n(c1=O)CCC(C)/C2=C\c1ccccc1. The Labute approximate surface area is 140 Å². The molecule has 0 radical (unpaired) electrons. The van der Waals surface area contributed by atoms with Crippen LogP contribution in [0.15, 0.2) is 41.3 Å². The van der Waals surface area contributed by atoms with Crippen molar-refractivity contribution in [1.82, 2.24) is 9.55 Å². The van der Waals surface area contributed by atoms with Crippen LogP contribution in [0.25, 0.3) is 11.6 Å². The van der Waals surface area contributed by atoms with Gasteiger partial charge in [-0.05, 0) is 36.5 Å². The van der Waals surface area contributed by atoms with E-state index in [0.717, 1.165) is 17.6 Å². The summed E-state index contributed by atoms with van der Waals surface area (Å²) in [7, 11) is 0. The van der Waals surface area contributed by atoms with E-state index >= 15 is 0 Å². The minimum absolute atomic E-state index is 0.00536. The molecular weight excluding hydrogens is 304 g/mol. The molecule has 5 heteroatoms. The first-order valence-corrected chi connectivity index (χ1v) is 8.15. The molecule has 2 aromatic rings. The second-order valence-electron chi connectivity index (χ2n) is 5.87. The summed E-state index contributed by atoms with van der Waals surface area (Å²) in [4.78, 5) is 28.9. The number of rotatable bonds is 3. The maximum Gasteiger partial charge on any atom is 0.345 e. The maximum atomic E-state index is 12.6. The Morgan fingerprint density at radius 1 is 1.38 bits per heavy atom. The Morgan fingerprint density at radius 2 is 2.12 bits per heavy atom. The lowest BCUT2D eigenvalue weighted by molar-refractivity contribution is 0.0522. The van der Waals surface area contributed by atoms with Gasteiger partial charge >= 0.3 is 5.97 Å². The molecule has 1 aromatic heterocycles. The molecule has 3 rings (SSSR count). The molecule has 0 saturated carbocycles. The molecule has 0 aliphatic carbocycles. The fourth-order valence-corrected chi connectivity index (χ4v) is 2.91. The summed E-state index contributed by atoms with van der Waals surface area (Å²) in [5.41, 5.74) is 1.75. The smallest absolute Gasteiger partial charge is 0.345 e. The topological polar surface area (TPSA) is 61.2 Å². The highest BCUT2D eigenvalue weighted by atomic mass is 16.5. The van der Waals surface area contributed by atoms with Crippen molar-refractivity contribution in [3.8, 4) is 0 Å². The molecule has 1 aromatic carbocycles. The highest BCUT2D eigenvalue weighted by molar-refractivity contribution is 5.89. The molecule has 124 valence electrons. The van der Waals surface area contributed by atoms with Crippen LogP contribution in [0.3, 0.4) is 0 Å². The summed E-state index contributed by atoms with van der Waals surface area (Å²) in [6, 6.07) is 9.95. The van der Waals surface area contributed by atoms with Crippen molar-refractivity contribution in [2.75, 3.05) is 6.61 Å². The molecule has 1 atom stereocenters. The van der Waals surface area contributed by atoms with E-state index in [1.807, 2.05) is 30.3 Å². The van der Waals surface area contributed by atoms with Gasteiger partial charge in [0.15, 0.2) is 0 Å². The number of allylic oxidation sites excluding steroid dienone is 1. The zero-order valence-corrected chi connectivity index (χ0v) is 13.9. The minimum Gasteiger partial charge on any atom is -0.462 e. The van der Waals surface area contributed by atoms with Gasteiger partial charge in [-0.2, -0.15) is 0 Å². The molecule has 1 unspecified atom stereocenters. The van der Waals surface area contributed by atoms with Crippen LogP contribution >= 0.6 is 0 Å². The highest BCUT2D eigenvalue weighted by Gasteiger charge is 2.25. The van der Waals surface area contributed by atoms with Crippen LogP contribution in [-0.4, -0.2) is 22.1 Å². The normalized spacial score (nSPS) is 18.2. The summed E-state index contributed by atoms with van der Waals surface area (Å²) in [6.45, 7) is 4.63.